The number of nitrogens with one attached hydrogen (secondary N) is 1. The highest BCUT2D eigenvalue weighted by molar-refractivity contribution is 5.87. The number of ketones is 1. The highest BCUT2D eigenvalue weighted by atomic mass is 16.5. The fraction of sp³-hybridized carbons (Fsp3) is 0.458. The predicted molar refractivity (Wildman–Crippen MR) is 117 cm³/mol. The van der Waals surface area contributed by atoms with E-state index in [0.29, 0.717) is 5.78 Å². The number of carbonyl (C=O) groups excluding carboxylic acids is 1. The van der Waals surface area contributed by atoms with Crippen LogP contribution in [0.4, 0.5) is 0 Å². The molecule has 0 saturated carbocycles. The van der Waals surface area contributed by atoms with Gasteiger partial charge in [0.25, 0.3) is 0 Å². The van der Waals surface area contributed by atoms with Gasteiger partial charge in [-0.15, -0.1) is 0 Å². The van der Waals surface area contributed by atoms with Gasteiger partial charge in [0, 0.05) is 42.0 Å². The average Bonchev–Trinajstić information content (AvgIpc) is 3.18. The lowest BCUT2D eigenvalue weighted by Crippen LogP contribution is -1.96. The third kappa shape index (κ3) is 5.66. The van der Waals surface area contributed by atoms with Crippen molar-refractivity contribution in [3.05, 3.63) is 42.0 Å². The molecule has 0 amide bonds. The predicted octanol–water partition coefficient (Wildman–Crippen LogP) is 5.80. The van der Waals surface area contributed by atoms with Crippen molar-refractivity contribution in [2.75, 3.05) is 7.11 Å². The Bertz CT molecular complexity index is 962. The number of hydrogen-bond donors (Lipinski definition) is 1. The van der Waals surface area contributed by atoms with Gasteiger partial charge in [-0.3, -0.25) is 9.78 Å². The molecule has 0 unspecified atom stereocenters. The van der Waals surface area contributed by atoms with E-state index in [4.69, 9.17) is 4.74 Å². The van der Waals surface area contributed by atoms with Crippen LogP contribution in [-0.4, -0.2) is 27.8 Å². The molecule has 2 aromatic heterocycles. The summed E-state index contributed by atoms with van der Waals surface area (Å²) < 4.78 is 5.60. The van der Waals surface area contributed by atoms with Crippen molar-refractivity contribution in [1.82, 2.24) is 15.0 Å². The normalized spacial score (nSPS) is 11.1. The minimum absolute atomic E-state index is 0.401. The first kappa shape index (κ1) is 21.0. The van der Waals surface area contributed by atoms with E-state index in [1.165, 1.54) is 0 Å². The Hall–Kier alpha value is -2.69. The van der Waals surface area contributed by atoms with Gasteiger partial charge in [0.05, 0.1) is 24.5 Å². The van der Waals surface area contributed by atoms with Crippen LogP contribution in [0, 0.1) is 6.92 Å². The van der Waals surface area contributed by atoms with E-state index >= 15 is 0 Å². The fourth-order valence-corrected chi connectivity index (χ4v) is 3.63. The van der Waals surface area contributed by atoms with E-state index in [9.17, 15) is 4.79 Å². The molecule has 3 aromatic rings. The summed E-state index contributed by atoms with van der Waals surface area (Å²) in [4.78, 5) is 24.1. The number of pyridine rings is 1. The van der Waals surface area contributed by atoms with Crippen molar-refractivity contribution in [1.29, 1.82) is 0 Å². The summed E-state index contributed by atoms with van der Waals surface area (Å²) in [5.41, 5.74) is 3.89. The number of unbranched alkanes of at least 4 members (excludes halogenated alkanes) is 3. The number of H-pyrrole nitrogens is 1. The van der Waals surface area contributed by atoms with Crippen LogP contribution in [0.3, 0.4) is 0 Å². The number of aryl methyl sites for hydroxylation is 2. The second kappa shape index (κ2) is 10.2. The van der Waals surface area contributed by atoms with Gasteiger partial charge in [0.1, 0.15) is 17.4 Å². The fourth-order valence-electron chi connectivity index (χ4n) is 3.63. The summed E-state index contributed by atoms with van der Waals surface area (Å²) in [5, 5.41) is 1.08. The molecule has 2 heterocycles. The van der Waals surface area contributed by atoms with Crippen LogP contribution < -0.4 is 4.74 Å². The van der Waals surface area contributed by atoms with Crippen molar-refractivity contribution in [3.8, 4) is 17.0 Å². The van der Waals surface area contributed by atoms with E-state index in [2.05, 4.69) is 34.0 Å². The lowest BCUT2D eigenvalue weighted by atomic mass is 10.1. The summed E-state index contributed by atoms with van der Waals surface area (Å²) in [6.45, 7) is 4.05. The molecule has 0 atom stereocenters. The average molecular weight is 394 g/mol. The molecule has 5 nitrogen and oxygen atoms in total. The number of rotatable bonds is 11. The molecule has 0 bridgehead atoms. The quantitative estimate of drug-likeness (QED) is 0.418. The lowest BCUT2D eigenvalue weighted by molar-refractivity contribution is -0.119. The number of hydrogen-bond acceptors (Lipinski definition) is 4. The highest BCUT2D eigenvalue weighted by Crippen LogP contribution is 2.33. The van der Waals surface area contributed by atoms with Crippen molar-refractivity contribution < 1.29 is 9.53 Å². The molecule has 0 aliphatic carbocycles. The minimum atomic E-state index is 0.401. The molecule has 0 saturated heterocycles. The molecule has 0 aliphatic rings. The smallest absolute Gasteiger partial charge is 0.132 e. The molecule has 154 valence electrons. The zero-order valence-electron chi connectivity index (χ0n) is 17.8. The molecular formula is C24H31N3O2. The number of aromatic nitrogens is 3. The molecule has 5 heteroatoms. The van der Waals surface area contributed by atoms with E-state index < -0.39 is 0 Å². The zero-order chi connectivity index (χ0) is 20.6. The SMILES string of the molecule is CCCC(=O)CCCCCCc1ncc(-c2cc3ccc(C)nc3cc2OC)[nH]1. The third-order valence-corrected chi connectivity index (χ3v) is 5.22. The van der Waals surface area contributed by atoms with Crippen LogP contribution in [0.1, 0.15) is 63.4 Å². The van der Waals surface area contributed by atoms with Crippen LogP contribution in [0.25, 0.3) is 22.2 Å². The first-order chi connectivity index (χ1) is 14.1. The van der Waals surface area contributed by atoms with Crippen molar-refractivity contribution in [2.24, 2.45) is 0 Å². The maximum atomic E-state index is 11.6. The summed E-state index contributed by atoms with van der Waals surface area (Å²) >= 11 is 0. The van der Waals surface area contributed by atoms with E-state index in [1.54, 1.807) is 7.11 Å². The van der Waals surface area contributed by atoms with Gasteiger partial charge in [-0.05, 0) is 38.3 Å². The van der Waals surface area contributed by atoms with E-state index in [1.807, 2.05) is 25.3 Å². The van der Waals surface area contributed by atoms with Crippen molar-refractivity contribution >= 4 is 16.7 Å². The second-order valence-corrected chi connectivity index (χ2v) is 7.64. The monoisotopic (exact) mass is 393 g/mol. The maximum absolute atomic E-state index is 11.6. The van der Waals surface area contributed by atoms with Gasteiger partial charge >= 0.3 is 0 Å². The largest absolute Gasteiger partial charge is 0.496 e. The van der Waals surface area contributed by atoms with Gasteiger partial charge in [-0.25, -0.2) is 4.98 Å². The number of fused-ring (bicyclic) bond motifs is 1. The highest BCUT2D eigenvalue weighted by Gasteiger charge is 2.12. The van der Waals surface area contributed by atoms with E-state index in [-0.39, 0.29) is 0 Å². The molecule has 0 spiro atoms. The molecule has 1 N–H and O–H groups in total. The first-order valence-electron chi connectivity index (χ1n) is 10.6. The van der Waals surface area contributed by atoms with Gasteiger partial charge in [-0.1, -0.05) is 25.8 Å². The number of ether oxygens (including phenoxy) is 1. The Labute approximate surface area is 172 Å². The Morgan fingerprint density at radius 3 is 2.72 bits per heavy atom. The number of aromatic amines is 1. The molecule has 1 aromatic carbocycles. The summed E-state index contributed by atoms with van der Waals surface area (Å²) in [5.74, 6) is 2.19. The number of benzene rings is 1. The standard InChI is InChI=1S/C24H31N3O2/c1-4-9-19(28)10-7-5-6-8-11-24-25-16-22(27-24)20-14-18-13-12-17(2)26-21(18)15-23(20)29-3/h12-16H,4-11H2,1-3H3,(H,25,27). The summed E-state index contributed by atoms with van der Waals surface area (Å²) in [7, 11) is 1.68. The molecule has 0 fully saturated rings. The third-order valence-electron chi connectivity index (χ3n) is 5.22. The first-order valence-corrected chi connectivity index (χ1v) is 10.6. The summed E-state index contributed by atoms with van der Waals surface area (Å²) in [6.07, 6.45) is 9.52. The van der Waals surface area contributed by atoms with Crippen molar-refractivity contribution in [3.63, 3.8) is 0 Å². The van der Waals surface area contributed by atoms with Gasteiger partial charge in [-0.2, -0.15) is 0 Å². The lowest BCUT2D eigenvalue weighted by Gasteiger charge is -2.09. The molecule has 0 aliphatic heterocycles. The zero-order valence-corrected chi connectivity index (χ0v) is 17.8. The molecule has 29 heavy (non-hydrogen) atoms. The maximum Gasteiger partial charge on any atom is 0.132 e. The second-order valence-electron chi connectivity index (χ2n) is 7.64. The Morgan fingerprint density at radius 2 is 1.93 bits per heavy atom. The topological polar surface area (TPSA) is 67.9 Å². The van der Waals surface area contributed by atoms with Crippen LogP contribution >= 0.6 is 0 Å². The Kier molecular flexibility index (Phi) is 7.39. The Morgan fingerprint density at radius 1 is 1.10 bits per heavy atom. The number of carbonyl (C=O) groups is 1. The molecular weight excluding hydrogens is 362 g/mol. The molecule has 0 radical (unpaired) electrons. The van der Waals surface area contributed by atoms with E-state index in [0.717, 1.165) is 90.8 Å². The van der Waals surface area contributed by atoms with Gasteiger partial charge in [0.15, 0.2) is 0 Å². The number of Topliss-reactive ketones (excluding diaryl/α,β-unsaturated/α-hetero) is 1. The van der Waals surface area contributed by atoms with Gasteiger partial charge in [0.2, 0.25) is 0 Å². The minimum Gasteiger partial charge on any atom is -0.496 e. The number of nitrogens with zero attached hydrogens (tertiary/aromatic N) is 2. The van der Waals surface area contributed by atoms with Crippen LogP contribution in [0.5, 0.6) is 5.75 Å². The number of methoxy groups -OCH3 is 1. The van der Waals surface area contributed by atoms with Gasteiger partial charge < -0.3 is 9.72 Å². The summed E-state index contributed by atoms with van der Waals surface area (Å²) in [6, 6.07) is 8.19. The van der Waals surface area contributed by atoms with Crippen molar-refractivity contribution in [2.45, 2.75) is 65.2 Å². The van der Waals surface area contributed by atoms with Crippen LogP contribution in [0.15, 0.2) is 30.5 Å². The van der Waals surface area contributed by atoms with Crippen LogP contribution in [0.2, 0.25) is 0 Å². The number of imidazole rings is 1. The molecule has 3 rings (SSSR count). The van der Waals surface area contributed by atoms with Crippen LogP contribution in [-0.2, 0) is 11.2 Å². The Balaban J connectivity index is 1.58.